The van der Waals surface area contributed by atoms with E-state index >= 15 is 0 Å². The highest BCUT2D eigenvalue weighted by Crippen LogP contribution is 2.39. The van der Waals surface area contributed by atoms with Crippen molar-refractivity contribution in [3.05, 3.63) is 47.4 Å². The highest BCUT2D eigenvalue weighted by Gasteiger charge is 2.41. The van der Waals surface area contributed by atoms with Crippen LogP contribution in [0.15, 0.2) is 30.6 Å². The van der Waals surface area contributed by atoms with E-state index in [1.807, 2.05) is 40.7 Å². The number of nitrogens with two attached hydrogens (primary N) is 1. The summed E-state index contributed by atoms with van der Waals surface area (Å²) in [6.45, 7) is 11.4. The first-order valence-corrected chi connectivity index (χ1v) is 15.4. The van der Waals surface area contributed by atoms with Crippen molar-refractivity contribution in [3.8, 4) is 5.88 Å². The Bertz CT molecular complexity index is 1580. The van der Waals surface area contributed by atoms with Gasteiger partial charge in [-0.05, 0) is 56.3 Å². The van der Waals surface area contributed by atoms with E-state index in [1.54, 1.807) is 31.5 Å². The zero-order valence-electron chi connectivity index (χ0n) is 23.8. The Morgan fingerprint density at radius 3 is 2.55 bits per heavy atom. The molecule has 4 heterocycles. The number of anilines is 2. The highest BCUT2D eigenvalue weighted by atomic mass is 32.2. The van der Waals surface area contributed by atoms with Crippen molar-refractivity contribution < 1.29 is 22.7 Å². The maximum atomic E-state index is 12.5. The molecule has 214 valence electrons. The van der Waals surface area contributed by atoms with Crippen molar-refractivity contribution in [1.82, 2.24) is 15.0 Å². The second-order valence-electron chi connectivity index (χ2n) is 11.6. The number of aromatic nitrogens is 3. The lowest BCUT2D eigenvalue weighted by Crippen LogP contribution is -2.43. The van der Waals surface area contributed by atoms with Crippen LogP contribution in [0.5, 0.6) is 5.88 Å². The van der Waals surface area contributed by atoms with Crippen LogP contribution in [0.1, 0.15) is 88.3 Å². The smallest absolute Gasteiger partial charge is 0.340 e. The number of pyridine rings is 3. The molecule has 0 saturated heterocycles. The van der Waals surface area contributed by atoms with E-state index < -0.39 is 21.0 Å². The molecule has 2 aliphatic rings. The maximum Gasteiger partial charge on any atom is 0.340 e. The number of nitrogens with zero attached hydrogens (tertiary/aromatic N) is 3. The van der Waals surface area contributed by atoms with Gasteiger partial charge in [0.05, 0.1) is 21.9 Å². The molecule has 0 unspecified atom stereocenters. The molecule has 0 amide bonds. The van der Waals surface area contributed by atoms with E-state index in [0.29, 0.717) is 53.4 Å². The molecule has 3 N–H and O–H groups in total. The SMILES string of the molecule is CC[C@@](C)(N)c1cnc(OC2CC(S(=O)(=O)CC)C2)c2cnc(Nc3ccc4c(n3)[C@@H](C)C(C)(C)OC4=O)cc12. The van der Waals surface area contributed by atoms with Crippen LogP contribution in [0.4, 0.5) is 11.6 Å². The maximum absolute atomic E-state index is 12.5. The molecule has 11 heteroatoms. The lowest BCUT2D eigenvalue weighted by atomic mass is 9.84. The van der Waals surface area contributed by atoms with Gasteiger partial charge >= 0.3 is 5.97 Å². The van der Waals surface area contributed by atoms with Crippen LogP contribution >= 0.6 is 0 Å². The minimum atomic E-state index is -3.08. The number of hydrogen-bond donors (Lipinski definition) is 2. The third-order valence-corrected chi connectivity index (χ3v) is 10.7. The van der Waals surface area contributed by atoms with Gasteiger partial charge in [0.1, 0.15) is 23.3 Å². The zero-order chi connectivity index (χ0) is 29.0. The summed E-state index contributed by atoms with van der Waals surface area (Å²) in [7, 11) is -3.08. The van der Waals surface area contributed by atoms with Crippen LogP contribution in [0.25, 0.3) is 10.8 Å². The quantitative estimate of drug-likeness (QED) is 0.366. The zero-order valence-corrected chi connectivity index (χ0v) is 24.6. The normalized spacial score (nSPS) is 23.5. The molecule has 3 aromatic rings. The Labute approximate surface area is 235 Å². The van der Waals surface area contributed by atoms with E-state index in [0.717, 1.165) is 10.9 Å². The van der Waals surface area contributed by atoms with Gasteiger partial charge in [-0.1, -0.05) is 20.8 Å². The highest BCUT2D eigenvalue weighted by molar-refractivity contribution is 7.92. The molecule has 3 aromatic heterocycles. The molecule has 1 saturated carbocycles. The molecular formula is C29H37N5O5S. The summed E-state index contributed by atoms with van der Waals surface area (Å²) in [4.78, 5) is 26.4. The molecule has 2 atom stereocenters. The van der Waals surface area contributed by atoms with Gasteiger partial charge in [-0.3, -0.25) is 0 Å². The van der Waals surface area contributed by atoms with Crippen molar-refractivity contribution in [2.24, 2.45) is 5.73 Å². The van der Waals surface area contributed by atoms with Gasteiger partial charge in [0.15, 0.2) is 9.84 Å². The molecular weight excluding hydrogens is 530 g/mol. The fourth-order valence-corrected chi connectivity index (χ4v) is 6.60. The Kier molecular flexibility index (Phi) is 7.02. The summed E-state index contributed by atoms with van der Waals surface area (Å²) in [5.74, 6) is 1.17. The lowest BCUT2D eigenvalue weighted by molar-refractivity contribution is -0.0189. The van der Waals surface area contributed by atoms with E-state index in [2.05, 4.69) is 15.3 Å². The minimum absolute atomic E-state index is 0.0928. The number of nitrogens with one attached hydrogen (secondary N) is 1. The third kappa shape index (κ3) is 5.01. The number of carbonyl (C=O) groups is 1. The van der Waals surface area contributed by atoms with Gasteiger partial charge in [0.2, 0.25) is 5.88 Å². The average Bonchev–Trinajstić information content (AvgIpc) is 2.88. The number of cyclic esters (lactones) is 1. The van der Waals surface area contributed by atoms with E-state index in [1.165, 1.54) is 0 Å². The number of ether oxygens (including phenoxy) is 2. The summed E-state index contributed by atoms with van der Waals surface area (Å²) >= 11 is 0. The minimum Gasteiger partial charge on any atom is -0.474 e. The number of rotatable bonds is 8. The predicted molar refractivity (Wildman–Crippen MR) is 154 cm³/mol. The van der Waals surface area contributed by atoms with Crippen molar-refractivity contribution in [1.29, 1.82) is 0 Å². The van der Waals surface area contributed by atoms with Crippen molar-refractivity contribution >= 4 is 38.2 Å². The fourth-order valence-electron chi connectivity index (χ4n) is 5.11. The summed E-state index contributed by atoms with van der Waals surface area (Å²) in [6.07, 6.45) is 4.78. The number of carbonyl (C=O) groups excluding carboxylic acids is 1. The van der Waals surface area contributed by atoms with Gasteiger partial charge in [-0.25, -0.2) is 28.2 Å². The van der Waals surface area contributed by atoms with Crippen molar-refractivity contribution in [2.75, 3.05) is 11.1 Å². The summed E-state index contributed by atoms with van der Waals surface area (Å²) in [5, 5.41) is 4.44. The molecule has 5 rings (SSSR count). The van der Waals surface area contributed by atoms with Crippen molar-refractivity contribution in [2.45, 2.75) is 89.2 Å². The summed E-state index contributed by atoms with van der Waals surface area (Å²) in [6, 6.07) is 5.35. The van der Waals surface area contributed by atoms with Gasteiger partial charge in [-0.15, -0.1) is 0 Å². The van der Waals surface area contributed by atoms with Gasteiger partial charge in [0, 0.05) is 42.4 Å². The van der Waals surface area contributed by atoms with Crippen LogP contribution in [-0.2, 0) is 20.1 Å². The fraction of sp³-hybridized carbons (Fsp3) is 0.517. The second kappa shape index (κ2) is 9.95. The standard InChI is InChI=1S/C29H37N5O5S/c1-7-29(6,30)22-15-32-26(38-17-11-18(12-17)40(36,37)8-2)21-14-31-24(13-20(21)22)33-23-10-9-19-25(34-23)16(3)28(4,5)39-27(19)35/h9-10,13-18H,7-8,11-12,30H2,1-6H3,(H,31,33,34)/t16-,17?,18?,29-/m1/s1. The largest absolute Gasteiger partial charge is 0.474 e. The molecule has 1 aliphatic carbocycles. The molecule has 40 heavy (non-hydrogen) atoms. The van der Waals surface area contributed by atoms with Gasteiger partial charge < -0.3 is 20.5 Å². The first-order chi connectivity index (χ1) is 18.8. The van der Waals surface area contributed by atoms with Crippen LogP contribution in [0.2, 0.25) is 0 Å². The average molecular weight is 568 g/mol. The van der Waals surface area contributed by atoms with E-state index in [4.69, 9.17) is 20.2 Å². The number of sulfone groups is 1. The van der Waals surface area contributed by atoms with Gasteiger partial charge in [0.25, 0.3) is 0 Å². The van der Waals surface area contributed by atoms with Crippen LogP contribution < -0.4 is 15.8 Å². The number of esters is 1. The first kappa shape index (κ1) is 28.2. The monoisotopic (exact) mass is 567 g/mol. The molecule has 0 aromatic carbocycles. The number of fused-ring (bicyclic) bond motifs is 2. The van der Waals surface area contributed by atoms with E-state index in [-0.39, 0.29) is 29.0 Å². The lowest BCUT2D eigenvalue weighted by Gasteiger charge is -2.36. The molecule has 1 fully saturated rings. The molecule has 0 radical (unpaired) electrons. The third-order valence-electron chi connectivity index (χ3n) is 8.53. The predicted octanol–water partition coefficient (Wildman–Crippen LogP) is 4.75. The molecule has 0 spiro atoms. The van der Waals surface area contributed by atoms with Crippen LogP contribution in [0, 0.1) is 0 Å². The van der Waals surface area contributed by atoms with Crippen molar-refractivity contribution in [3.63, 3.8) is 0 Å². The number of hydrogen-bond acceptors (Lipinski definition) is 10. The van der Waals surface area contributed by atoms with Crippen LogP contribution in [0.3, 0.4) is 0 Å². The second-order valence-corrected chi connectivity index (χ2v) is 14.2. The topological polar surface area (TPSA) is 146 Å². The Morgan fingerprint density at radius 2 is 1.88 bits per heavy atom. The Balaban J connectivity index is 1.47. The summed E-state index contributed by atoms with van der Waals surface area (Å²) < 4.78 is 36.1. The van der Waals surface area contributed by atoms with Gasteiger partial charge in [-0.2, -0.15) is 0 Å². The molecule has 0 bridgehead atoms. The first-order valence-electron chi connectivity index (χ1n) is 13.7. The molecule has 10 nitrogen and oxygen atoms in total. The van der Waals surface area contributed by atoms with Crippen LogP contribution in [-0.4, -0.2) is 52.0 Å². The molecule has 1 aliphatic heterocycles. The summed E-state index contributed by atoms with van der Waals surface area (Å²) in [5.41, 5.74) is 7.34. The Hall–Kier alpha value is -3.31. The van der Waals surface area contributed by atoms with E-state index in [9.17, 15) is 13.2 Å². The Morgan fingerprint density at radius 1 is 1.15 bits per heavy atom.